The van der Waals surface area contributed by atoms with E-state index in [1.54, 1.807) is 6.92 Å². The molecule has 1 aromatic rings. The van der Waals surface area contributed by atoms with Gasteiger partial charge in [0.05, 0.1) is 0 Å². The molecule has 0 fully saturated rings. The largest absolute Gasteiger partial charge is 0.296 e. The minimum absolute atomic E-state index is 0.163. The lowest BCUT2D eigenvalue weighted by Crippen LogP contribution is -2.34. The van der Waals surface area contributed by atoms with Gasteiger partial charge in [-0.2, -0.15) is 0 Å². The van der Waals surface area contributed by atoms with Crippen LogP contribution in [-0.2, 0) is 17.9 Å². The lowest BCUT2D eigenvalue weighted by atomic mass is 10.4. The third kappa shape index (κ3) is 2.34. The number of hydrogen-bond acceptors (Lipinski definition) is 1. The quantitative estimate of drug-likeness (QED) is 0.472. The monoisotopic (exact) mass is 165 g/mol. The van der Waals surface area contributed by atoms with Crippen LogP contribution in [0.2, 0.25) is 0 Å². The highest BCUT2D eigenvalue weighted by atomic mass is 16.1. The van der Waals surface area contributed by atoms with Gasteiger partial charge in [0, 0.05) is 0 Å². The average molecular weight is 165 g/mol. The Hall–Kier alpha value is -1.38. The molecule has 0 spiro atoms. The molecule has 0 N–H and O–H groups in total. The van der Waals surface area contributed by atoms with Gasteiger partial charge in [0.1, 0.15) is 25.5 Å². The Balaban J connectivity index is 2.63. The number of Topliss-reactive ketones (excluding diaryl/α,β-unsaturated/α-hetero) is 1. The van der Waals surface area contributed by atoms with E-state index in [2.05, 4.69) is 6.58 Å². The van der Waals surface area contributed by atoms with E-state index >= 15 is 0 Å². The molecule has 3 nitrogen and oxygen atoms in total. The smallest absolute Gasteiger partial charge is 0.244 e. The van der Waals surface area contributed by atoms with Gasteiger partial charge in [-0.3, -0.25) is 4.79 Å². The molecule has 3 heteroatoms. The van der Waals surface area contributed by atoms with E-state index in [0.29, 0.717) is 6.54 Å². The second kappa shape index (κ2) is 3.85. The number of imidazole rings is 1. The molecule has 0 aliphatic rings. The van der Waals surface area contributed by atoms with Crippen LogP contribution in [0.25, 0.3) is 0 Å². The normalized spacial score (nSPS) is 9.75. The van der Waals surface area contributed by atoms with Crippen LogP contribution in [0.3, 0.4) is 0 Å². The van der Waals surface area contributed by atoms with Gasteiger partial charge in [0.15, 0.2) is 5.78 Å². The molecule has 1 rings (SSSR count). The van der Waals surface area contributed by atoms with Crippen LogP contribution in [0, 0.1) is 0 Å². The predicted octanol–water partition coefficient (Wildman–Crippen LogP) is 0.551. The van der Waals surface area contributed by atoms with Gasteiger partial charge in [-0.1, -0.05) is 12.7 Å². The topological polar surface area (TPSA) is 25.9 Å². The Bertz CT molecular complexity index is 288. The van der Waals surface area contributed by atoms with Gasteiger partial charge in [0.25, 0.3) is 0 Å². The van der Waals surface area contributed by atoms with E-state index in [1.807, 2.05) is 33.9 Å². The summed E-state index contributed by atoms with van der Waals surface area (Å²) in [5.41, 5.74) is 0. The number of rotatable bonds is 4. The van der Waals surface area contributed by atoms with Gasteiger partial charge < -0.3 is 0 Å². The molecule has 0 radical (unpaired) electrons. The van der Waals surface area contributed by atoms with E-state index < -0.39 is 0 Å². The third-order valence-corrected chi connectivity index (χ3v) is 1.49. The molecular formula is C9H13N2O+. The Kier molecular flexibility index (Phi) is 2.80. The Morgan fingerprint density at radius 3 is 3.08 bits per heavy atom. The number of carbonyl (C=O) groups excluding carboxylic acids is 1. The van der Waals surface area contributed by atoms with Gasteiger partial charge >= 0.3 is 0 Å². The number of ketones is 1. The van der Waals surface area contributed by atoms with Crippen molar-refractivity contribution in [3.63, 3.8) is 0 Å². The molecule has 64 valence electrons. The highest BCUT2D eigenvalue weighted by Crippen LogP contribution is 1.84. The van der Waals surface area contributed by atoms with Crippen LogP contribution >= 0.6 is 0 Å². The van der Waals surface area contributed by atoms with Crippen molar-refractivity contribution in [1.82, 2.24) is 4.57 Å². The number of allylic oxidation sites excluding steroid dienone is 1. The maximum absolute atomic E-state index is 10.7. The molecule has 12 heavy (non-hydrogen) atoms. The molecule has 0 amide bonds. The SMILES string of the molecule is C=CCn1cc[n+](CC(C)=O)c1. The maximum Gasteiger partial charge on any atom is 0.244 e. The highest BCUT2D eigenvalue weighted by Gasteiger charge is 2.03. The molecular weight excluding hydrogens is 152 g/mol. The summed E-state index contributed by atoms with van der Waals surface area (Å²) >= 11 is 0. The zero-order valence-electron chi connectivity index (χ0n) is 7.23. The summed E-state index contributed by atoms with van der Waals surface area (Å²) < 4.78 is 3.82. The highest BCUT2D eigenvalue weighted by molar-refractivity contribution is 5.73. The molecule has 0 aliphatic heterocycles. The van der Waals surface area contributed by atoms with Crippen molar-refractivity contribution >= 4 is 5.78 Å². The summed E-state index contributed by atoms with van der Waals surface area (Å²) in [6, 6.07) is 0. The first-order valence-electron chi connectivity index (χ1n) is 3.87. The molecule has 0 unspecified atom stereocenters. The zero-order chi connectivity index (χ0) is 8.97. The standard InChI is InChI=1S/C9H13N2O/c1-3-4-10-5-6-11(8-10)7-9(2)12/h3,5-6,8H,1,4,7H2,2H3/q+1. The van der Waals surface area contributed by atoms with E-state index in [4.69, 9.17) is 0 Å². The summed E-state index contributed by atoms with van der Waals surface area (Å²) in [5.74, 6) is 0.163. The van der Waals surface area contributed by atoms with E-state index in [-0.39, 0.29) is 5.78 Å². The third-order valence-electron chi connectivity index (χ3n) is 1.49. The molecule has 0 aliphatic carbocycles. The molecule has 0 bridgehead atoms. The molecule has 0 aromatic carbocycles. The first-order chi connectivity index (χ1) is 5.72. The fourth-order valence-electron chi connectivity index (χ4n) is 1.05. The van der Waals surface area contributed by atoms with Crippen molar-refractivity contribution in [2.24, 2.45) is 0 Å². The molecule has 0 atom stereocenters. The van der Waals surface area contributed by atoms with Crippen molar-refractivity contribution in [3.05, 3.63) is 31.4 Å². The Labute approximate surface area is 71.9 Å². The lowest BCUT2D eigenvalue weighted by Gasteiger charge is -1.88. The molecule has 0 saturated carbocycles. The van der Waals surface area contributed by atoms with Gasteiger partial charge in [-0.05, 0) is 6.92 Å². The predicted molar refractivity (Wildman–Crippen MR) is 45.5 cm³/mol. The first kappa shape index (κ1) is 8.71. The number of hydrogen-bond donors (Lipinski definition) is 0. The molecule has 1 aromatic heterocycles. The number of carbonyl (C=O) groups is 1. The minimum Gasteiger partial charge on any atom is -0.296 e. The Morgan fingerprint density at radius 2 is 2.50 bits per heavy atom. The molecule has 1 heterocycles. The fourth-order valence-corrected chi connectivity index (χ4v) is 1.05. The number of aromatic nitrogens is 2. The number of nitrogens with zero attached hydrogens (tertiary/aromatic N) is 2. The van der Waals surface area contributed by atoms with Gasteiger partial charge in [-0.25, -0.2) is 9.13 Å². The maximum atomic E-state index is 10.7. The average Bonchev–Trinajstić information content (AvgIpc) is 2.36. The molecule has 0 saturated heterocycles. The first-order valence-corrected chi connectivity index (χ1v) is 3.87. The van der Waals surface area contributed by atoms with Crippen LogP contribution in [0.1, 0.15) is 6.92 Å². The summed E-state index contributed by atoms with van der Waals surface area (Å²) in [6.45, 7) is 6.44. The van der Waals surface area contributed by atoms with Crippen molar-refractivity contribution in [2.75, 3.05) is 0 Å². The van der Waals surface area contributed by atoms with Crippen molar-refractivity contribution in [2.45, 2.75) is 20.0 Å². The summed E-state index contributed by atoms with van der Waals surface area (Å²) in [4.78, 5) is 10.7. The van der Waals surface area contributed by atoms with Crippen LogP contribution in [0.4, 0.5) is 0 Å². The van der Waals surface area contributed by atoms with Crippen molar-refractivity contribution in [1.29, 1.82) is 0 Å². The second-order valence-corrected chi connectivity index (χ2v) is 2.77. The summed E-state index contributed by atoms with van der Waals surface area (Å²) in [6.07, 6.45) is 7.51. The van der Waals surface area contributed by atoms with Gasteiger partial charge in [0.2, 0.25) is 6.33 Å². The minimum atomic E-state index is 0.163. The summed E-state index contributed by atoms with van der Waals surface area (Å²) in [7, 11) is 0. The van der Waals surface area contributed by atoms with Crippen molar-refractivity contribution < 1.29 is 9.36 Å². The van der Waals surface area contributed by atoms with E-state index in [9.17, 15) is 4.79 Å². The van der Waals surface area contributed by atoms with E-state index in [0.717, 1.165) is 6.54 Å². The van der Waals surface area contributed by atoms with Crippen LogP contribution in [0.5, 0.6) is 0 Å². The lowest BCUT2D eigenvalue weighted by molar-refractivity contribution is -0.683. The Morgan fingerprint density at radius 1 is 1.75 bits per heavy atom. The van der Waals surface area contributed by atoms with E-state index in [1.165, 1.54) is 0 Å². The summed E-state index contributed by atoms with van der Waals surface area (Å²) in [5, 5.41) is 0. The van der Waals surface area contributed by atoms with Crippen LogP contribution < -0.4 is 4.57 Å². The zero-order valence-corrected chi connectivity index (χ0v) is 7.23. The van der Waals surface area contributed by atoms with Gasteiger partial charge in [-0.15, -0.1) is 0 Å². The van der Waals surface area contributed by atoms with Crippen LogP contribution in [0.15, 0.2) is 31.4 Å². The second-order valence-electron chi connectivity index (χ2n) is 2.77. The van der Waals surface area contributed by atoms with Crippen LogP contribution in [-0.4, -0.2) is 10.4 Å². The fraction of sp³-hybridized carbons (Fsp3) is 0.333. The van der Waals surface area contributed by atoms with Crippen molar-refractivity contribution in [3.8, 4) is 0 Å².